The average molecular weight is 257 g/mol. The minimum Gasteiger partial charge on any atom is -0.350 e. The van der Waals surface area contributed by atoms with Crippen LogP contribution < -0.4 is 5.32 Å². The van der Waals surface area contributed by atoms with E-state index < -0.39 is 0 Å². The van der Waals surface area contributed by atoms with Crippen molar-refractivity contribution in [3.05, 3.63) is 48.0 Å². The first kappa shape index (κ1) is 12.6. The Kier molecular flexibility index (Phi) is 3.78. The maximum absolute atomic E-state index is 5.56. The summed E-state index contributed by atoms with van der Waals surface area (Å²) in [4.78, 5) is 0. The maximum Gasteiger partial charge on any atom is 0.159 e. The second kappa shape index (κ2) is 5.70. The van der Waals surface area contributed by atoms with Gasteiger partial charge in [0, 0.05) is 12.5 Å². The number of rotatable bonds is 4. The summed E-state index contributed by atoms with van der Waals surface area (Å²) >= 11 is 0. The Bertz CT molecular complexity index is 544. The van der Waals surface area contributed by atoms with E-state index in [4.69, 9.17) is 9.47 Å². The molecule has 0 amide bonds. The van der Waals surface area contributed by atoms with E-state index in [1.165, 1.54) is 16.3 Å². The van der Waals surface area contributed by atoms with Gasteiger partial charge in [-0.15, -0.1) is 0 Å². The first-order valence-corrected chi connectivity index (χ1v) is 6.76. The SMILES string of the molecule is CNC(CC1OCCO1)c1cccc2ccccc12. The van der Waals surface area contributed by atoms with Crippen LogP contribution in [0.5, 0.6) is 0 Å². The van der Waals surface area contributed by atoms with Crippen molar-refractivity contribution in [1.82, 2.24) is 5.32 Å². The van der Waals surface area contributed by atoms with Crippen LogP contribution >= 0.6 is 0 Å². The molecular weight excluding hydrogens is 238 g/mol. The molecule has 100 valence electrons. The average Bonchev–Trinajstić information content (AvgIpc) is 2.97. The number of nitrogens with one attached hydrogen (secondary N) is 1. The van der Waals surface area contributed by atoms with Gasteiger partial charge in [-0.3, -0.25) is 0 Å². The van der Waals surface area contributed by atoms with Crippen LogP contribution in [-0.2, 0) is 9.47 Å². The second-order valence-corrected chi connectivity index (χ2v) is 4.82. The van der Waals surface area contributed by atoms with Gasteiger partial charge in [-0.1, -0.05) is 42.5 Å². The molecule has 3 nitrogen and oxygen atoms in total. The monoisotopic (exact) mass is 257 g/mol. The largest absolute Gasteiger partial charge is 0.350 e. The Balaban J connectivity index is 1.91. The highest BCUT2D eigenvalue weighted by Crippen LogP contribution is 2.28. The summed E-state index contributed by atoms with van der Waals surface area (Å²) in [5, 5.41) is 5.94. The van der Waals surface area contributed by atoms with Crippen molar-refractivity contribution < 1.29 is 9.47 Å². The van der Waals surface area contributed by atoms with Crippen molar-refractivity contribution in [3.63, 3.8) is 0 Å². The molecule has 1 heterocycles. The Labute approximate surface area is 113 Å². The van der Waals surface area contributed by atoms with E-state index in [2.05, 4.69) is 47.8 Å². The summed E-state index contributed by atoms with van der Waals surface area (Å²) in [5.41, 5.74) is 1.31. The van der Waals surface area contributed by atoms with E-state index in [0.29, 0.717) is 13.2 Å². The van der Waals surface area contributed by atoms with Gasteiger partial charge in [-0.05, 0) is 23.4 Å². The third kappa shape index (κ3) is 2.63. The van der Waals surface area contributed by atoms with Crippen molar-refractivity contribution >= 4 is 10.8 Å². The zero-order valence-corrected chi connectivity index (χ0v) is 11.1. The van der Waals surface area contributed by atoms with Crippen molar-refractivity contribution in [2.75, 3.05) is 20.3 Å². The van der Waals surface area contributed by atoms with Gasteiger partial charge < -0.3 is 14.8 Å². The van der Waals surface area contributed by atoms with Crippen LogP contribution in [0, 0.1) is 0 Å². The molecule has 1 unspecified atom stereocenters. The van der Waals surface area contributed by atoms with Gasteiger partial charge in [0.15, 0.2) is 6.29 Å². The van der Waals surface area contributed by atoms with Gasteiger partial charge in [-0.2, -0.15) is 0 Å². The molecule has 0 aromatic heterocycles. The predicted octanol–water partition coefficient (Wildman–Crippen LogP) is 2.86. The highest BCUT2D eigenvalue weighted by atomic mass is 16.7. The lowest BCUT2D eigenvalue weighted by Gasteiger charge is -2.21. The molecule has 3 rings (SSSR count). The zero-order valence-electron chi connectivity index (χ0n) is 11.1. The van der Waals surface area contributed by atoms with Crippen molar-refractivity contribution in [3.8, 4) is 0 Å². The number of hydrogen-bond acceptors (Lipinski definition) is 3. The molecule has 1 aliphatic rings. The lowest BCUT2D eigenvalue weighted by molar-refractivity contribution is -0.0525. The normalized spacial score (nSPS) is 17.9. The molecule has 19 heavy (non-hydrogen) atoms. The van der Waals surface area contributed by atoms with E-state index in [0.717, 1.165) is 6.42 Å². The van der Waals surface area contributed by atoms with E-state index in [9.17, 15) is 0 Å². The molecule has 2 aromatic carbocycles. The highest BCUT2D eigenvalue weighted by Gasteiger charge is 2.22. The van der Waals surface area contributed by atoms with Gasteiger partial charge in [0.2, 0.25) is 0 Å². The molecule has 1 saturated heterocycles. The van der Waals surface area contributed by atoms with Gasteiger partial charge >= 0.3 is 0 Å². The molecule has 0 aliphatic carbocycles. The summed E-state index contributed by atoms with van der Waals surface area (Å²) in [6.07, 6.45) is 0.751. The van der Waals surface area contributed by atoms with Gasteiger partial charge in [0.25, 0.3) is 0 Å². The van der Waals surface area contributed by atoms with E-state index in [1.54, 1.807) is 0 Å². The maximum atomic E-state index is 5.56. The van der Waals surface area contributed by atoms with Gasteiger partial charge in [0.05, 0.1) is 13.2 Å². The Morgan fingerprint density at radius 1 is 1.11 bits per heavy atom. The fourth-order valence-electron chi connectivity index (χ4n) is 2.69. The van der Waals surface area contributed by atoms with Crippen LogP contribution in [0.4, 0.5) is 0 Å². The van der Waals surface area contributed by atoms with Crippen LogP contribution in [0.15, 0.2) is 42.5 Å². The summed E-state index contributed by atoms with van der Waals surface area (Å²) in [7, 11) is 1.99. The van der Waals surface area contributed by atoms with Gasteiger partial charge in [0.1, 0.15) is 0 Å². The topological polar surface area (TPSA) is 30.5 Å². The molecule has 2 aromatic rings. The summed E-state index contributed by atoms with van der Waals surface area (Å²) in [6.45, 7) is 1.41. The number of benzene rings is 2. The van der Waals surface area contributed by atoms with Crippen molar-refractivity contribution in [2.24, 2.45) is 0 Å². The Hall–Kier alpha value is -1.42. The molecule has 0 bridgehead atoms. The number of fused-ring (bicyclic) bond motifs is 1. The fourth-order valence-corrected chi connectivity index (χ4v) is 2.69. The van der Waals surface area contributed by atoms with Crippen LogP contribution in [0.3, 0.4) is 0 Å². The lowest BCUT2D eigenvalue weighted by Crippen LogP contribution is -2.23. The van der Waals surface area contributed by atoms with E-state index in [-0.39, 0.29) is 12.3 Å². The van der Waals surface area contributed by atoms with Gasteiger partial charge in [-0.25, -0.2) is 0 Å². The molecule has 0 radical (unpaired) electrons. The first-order valence-electron chi connectivity index (χ1n) is 6.76. The van der Waals surface area contributed by atoms with E-state index in [1.807, 2.05) is 7.05 Å². The molecule has 1 aliphatic heterocycles. The molecule has 1 atom stereocenters. The van der Waals surface area contributed by atoms with Crippen molar-refractivity contribution in [1.29, 1.82) is 0 Å². The van der Waals surface area contributed by atoms with Crippen LogP contribution in [0.2, 0.25) is 0 Å². The molecule has 1 fully saturated rings. The predicted molar refractivity (Wildman–Crippen MR) is 76.1 cm³/mol. The van der Waals surface area contributed by atoms with Crippen LogP contribution in [-0.4, -0.2) is 26.6 Å². The summed E-state index contributed by atoms with van der Waals surface area (Å²) in [6, 6.07) is 15.2. The summed E-state index contributed by atoms with van der Waals surface area (Å²) < 4.78 is 11.1. The number of hydrogen-bond donors (Lipinski definition) is 1. The first-order chi connectivity index (χ1) is 9.38. The third-order valence-electron chi connectivity index (χ3n) is 3.67. The van der Waals surface area contributed by atoms with Crippen LogP contribution in [0.1, 0.15) is 18.0 Å². The highest BCUT2D eigenvalue weighted by molar-refractivity contribution is 5.86. The number of ether oxygens (including phenoxy) is 2. The second-order valence-electron chi connectivity index (χ2n) is 4.82. The Morgan fingerprint density at radius 3 is 2.63 bits per heavy atom. The molecule has 1 N–H and O–H groups in total. The molecule has 0 saturated carbocycles. The molecule has 3 heteroatoms. The molecular formula is C16H19NO2. The molecule has 0 spiro atoms. The smallest absolute Gasteiger partial charge is 0.159 e. The summed E-state index contributed by atoms with van der Waals surface area (Å²) in [5.74, 6) is 0. The van der Waals surface area contributed by atoms with Crippen molar-refractivity contribution in [2.45, 2.75) is 18.8 Å². The van der Waals surface area contributed by atoms with E-state index >= 15 is 0 Å². The third-order valence-corrected chi connectivity index (χ3v) is 3.67. The minimum atomic E-state index is -0.0866. The standard InChI is InChI=1S/C16H19NO2/c1-17-15(11-16-18-9-10-19-16)14-8-4-6-12-5-2-3-7-13(12)14/h2-8,15-17H,9-11H2,1H3. The quantitative estimate of drug-likeness (QED) is 0.913. The lowest BCUT2D eigenvalue weighted by atomic mass is 9.96. The van der Waals surface area contributed by atoms with Crippen LogP contribution in [0.25, 0.3) is 10.8 Å². The fraction of sp³-hybridized carbons (Fsp3) is 0.375. The zero-order chi connectivity index (χ0) is 13.1. The minimum absolute atomic E-state index is 0.0866. The Morgan fingerprint density at radius 2 is 1.84 bits per heavy atom.